The molecule has 0 unspecified atom stereocenters. The molecule has 1 fully saturated rings. The summed E-state index contributed by atoms with van der Waals surface area (Å²) in [7, 11) is 0. The first-order chi connectivity index (χ1) is 7.81. The van der Waals surface area contributed by atoms with Crippen molar-refractivity contribution in [3.8, 4) is 0 Å². The van der Waals surface area contributed by atoms with E-state index in [0.717, 1.165) is 18.7 Å². The highest BCUT2D eigenvalue weighted by atomic mass is 16.1. The third-order valence-corrected chi connectivity index (χ3v) is 2.88. The van der Waals surface area contributed by atoms with Crippen molar-refractivity contribution in [2.45, 2.75) is 25.3 Å². The van der Waals surface area contributed by atoms with E-state index in [9.17, 15) is 4.79 Å². The largest absolute Gasteiger partial charge is 0.330 e. The fourth-order valence-corrected chi connectivity index (χ4v) is 1.89. The lowest BCUT2D eigenvalue weighted by Crippen LogP contribution is -2.21. The third-order valence-electron chi connectivity index (χ3n) is 2.88. The normalized spacial score (nSPS) is 15.8. The van der Waals surface area contributed by atoms with Crippen molar-refractivity contribution in [2.75, 3.05) is 6.54 Å². The van der Waals surface area contributed by atoms with Gasteiger partial charge in [-0.3, -0.25) is 9.20 Å². The number of fused-ring (bicyclic) bond motifs is 1. The maximum absolute atomic E-state index is 12.0. The van der Waals surface area contributed by atoms with Crippen molar-refractivity contribution in [1.29, 1.82) is 0 Å². The van der Waals surface area contributed by atoms with Crippen LogP contribution in [0.3, 0.4) is 0 Å². The summed E-state index contributed by atoms with van der Waals surface area (Å²) in [5.74, 6) is 0.748. The van der Waals surface area contributed by atoms with Crippen molar-refractivity contribution in [3.63, 3.8) is 0 Å². The molecule has 0 atom stereocenters. The molecule has 1 aliphatic carbocycles. The topological polar surface area (TPSA) is 78.2 Å². The summed E-state index contributed by atoms with van der Waals surface area (Å²) in [6.45, 7) is 0.506. The number of nitrogens with zero attached hydrogens (tertiary/aromatic N) is 4. The molecule has 2 heterocycles. The maximum Gasteiger partial charge on any atom is 0.296 e. The molecule has 1 saturated carbocycles. The van der Waals surface area contributed by atoms with E-state index in [1.54, 1.807) is 8.97 Å². The molecule has 2 N–H and O–H groups in total. The Labute approximate surface area is 91.7 Å². The van der Waals surface area contributed by atoms with Crippen LogP contribution in [0.4, 0.5) is 0 Å². The van der Waals surface area contributed by atoms with Gasteiger partial charge in [0, 0.05) is 24.9 Å². The molecule has 0 saturated heterocycles. The SMILES string of the molecule is NCCc1nnc2c(=O)n(C3CC3)ccn12. The number of hydrogen-bond donors (Lipinski definition) is 1. The fourth-order valence-electron chi connectivity index (χ4n) is 1.89. The average molecular weight is 219 g/mol. The fraction of sp³-hybridized carbons (Fsp3) is 0.500. The molecule has 84 valence electrons. The Morgan fingerprint density at radius 2 is 2.19 bits per heavy atom. The smallest absolute Gasteiger partial charge is 0.296 e. The van der Waals surface area contributed by atoms with Crippen LogP contribution in [0.1, 0.15) is 24.7 Å². The predicted molar refractivity (Wildman–Crippen MR) is 58.3 cm³/mol. The molecule has 0 aromatic carbocycles. The maximum atomic E-state index is 12.0. The molecule has 0 radical (unpaired) electrons. The summed E-state index contributed by atoms with van der Waals surface area (Å²) >= 11 is 0. The van der Waals surface area contributed by atoms with Gasteiger partial charge >= 0.3 is 0 Å². The zero-order valence-electron chi connectivity index (χ0n) is 8.83. The van der Waals surface area contributed by atoms with Gasteiger partial charge in [0.15, 0.2) is 0 Å². The predicted octanol–water partition coefficient (Wildman–Crippen LogP) is -0.273. The summed E-state index contributed by atoms with van der Waals surface area (Å²) < 4.78 is 3.48. The molecule has 1 aliphatic rings. The van der Waals surface area contributed by atoms with Gasteiger partial charge in [0.25, 0.3) is 5.56 Å². The highest BCUT2D eigenvalue weighted by molar-refractivity contribution is 5.35. The first kappa shape index (κ1) is 9.53. The monoisotopic (exact) mass is 219 g/mol. The van der Waals surface area contributed by atoms with E-state index in [4.69, 9.17) is 5.73 Å². The quantitative estimate of drug-likeness (QED) is 0.770. The zero-order valence-corrected chi connectivity index (χ0v) is 8.83. The van der Waals surface area contributed by atoms with Crippen LogP contribution >= 0.6 is 0 Å². The van der Waals surface area contributed by atoms with Crippen LogP contribution in [-0.2, 0) is 6.42 Å². The number of rotatable bonds is 3. The third kappa shape index (κ3) is 1.34. The first-order valence-corrected chi connectivity index (χ1v) is 5.46. The van der Waals surface area contributed by atoms with Crippen LogP contribution in [0.25, 0.3) is 5.65 Å². The Balaban J connectivity index is 2.18. The average Bonchev–Trinajstić information content (AvgIpc) is 3.03. The standard InChI is InChI=1S/C10H13N5O/c11-4-3-8-12-13-9-10(16)14(7-1-2-7)5-6-15(8)9/h5-7H,1-4,11H2. The second kappa shape index (κ2) is 3.41. The van der Waals surface area contributed by atoms with Crippen molar-refractivity contribution >= 4 is 5.65 Å². The highest BCUT2D eigenvalue weighted by Crippen LogP contribution is 2.33. The minimum Gasteiger partial charge on any atom is -0.330 e. The second-order valence-electron chi connectivity index (χ2n) is 4.09. The molecule has 0 amide bonds. The lowest BCUT2D eigenvalue weighted by atomic mass is 10.4. The van der Waals surface area contributed by atoms with E-state index < -0.39 is 0 Å². The summed E-state index contributed by atoms with van der Waals surface area (Å²) in [6, 6.07) is 0.368. The van der Waals surface area contributed by atoms with Crippen LogP contribution in [0.15, 0.2) is 17.2 Å². The molecule has 6 heteroatoms. The Kier molecular flexibility index (Phi) is 2.03. The van der Waals surface area contributed by atoms with Crippen LogP contribution in [0.2, 0.25) is 0 Å². The molecule has 2 aromatic heterocycles. The van der Waals surface area contributed by atoms with Crippen LogP contribution in [-0.4, -0.2) is 25.7 Å². The number of nitrogens with two attached hydrogens (primary N) is 1. The lowest BCUT2D eigenvalue weighted by Gasteiger charge is -2.03. The van der Waals surface area contributed by atoms with Gasteiger partial charge in [-0.05, 0) is 19.4 Å². The molecule has 3 rings (SSSR count). The van der Waals surface area contributed by atoms with Gasteiger partial charge in [0.1, 0.15) is 5.82 Å². The van der Waals surface area contributed by atoms with Gasteiger partial charge in [-0.15, -0.1) is 10.2 Å². The number of hydrogen-bond acceptors (Lipinski definition) is 4. The summed E-state index contributed by atoms with van der Waals surface area (Å²) in [5, 5.41) is 7.92. The van der Waals surface area contributed by atoms with E-state index in [-0.39, 0.29) is 5.56 Å². The molecular formula is C10H13N5O. The Morgan fingerprint density at radius 3 is 2.88 bits per heavy atom. The van der Waals surface area contributed by atoms with Crippen molar-refractivity contribution in [2.24, 2.45) is 5.73 Å². The molecule has 0 spiro atoms. The Bertz CT molecular complexity index is 580. The highest BCUT2D eigenvalue weighted by Gasteiger charge is 2.25. The summed E-state index contributed by atoms with van der Waals surface area (Å²) in [5.41, 5.74) is 5.82. The lowest BCUT2D eigenvalue weighted by molar-refractivity contribution is 0.698. The Morgan fingerprint density at radius 1 is 1.38 bits per heavy atom. The summed E-state index contributed by atoms with van der Waals surface area (Å²) in [6.07, 6.45) is 6.46. The molecule has 16 heavy (non-hydrogen) atoms. The van der Waals surface area contributed by atoms with E-state index in [0.29, 0.717) is 24.7 Å². The molecule has 2 aromatic rings. The first-order valence-electron chi connectivity index (χ1n) is 5.46. The minimum absolute atomic E-state index is 0.0548. The summed E-state index contributed by atoms with van der Waals surface area (Å²) in [4.78, 5) is 12.0. The van der Waals surface area contributed by atoms with Crippen LogP contribution in [0.5, 0.6) is 0 Å². The van der Waals surface area contributed by atoms with E-state index in [1.807, 2.05) is 12.4 Å². The van der Waals surface area contributed by atoms with Crippen LogP contribution < -0.4 is 11.3 Å². The van der Waals surface area contributed by atoms with Gasteiger partial charge < -0.3 is 10.3 Å². The Hall–Kier alpha value is -1.69. The zero-order chi connectivity index (χ0) is 11.1. The molecule has 0 bridgehead atoms. The van der Waals surface area contributed by atoms with Gasteiger partial charge in [-0.25, -0.2) is 0 Å². The van der Waals surface area contributed by atoms with Crippen molar-refractivity contribution in [1.82, 2.24) is 19.2 Å². The number of aromatic nitrogens is 4. The molecular weight excluding hydrogens is 206 g/mol. The minimum atomic E-state index is -0.0548. The second-order valence-corrected chi connectivity index (χ2v) is 4.09. The van der Waals surface area contributed by atoms with E-state index in [1.165, 1.54) is 0 Å². The van der Waals surface area contributed by atoms with Gasteiger partial charge in [-0.1, -0.05) is 0 Å². The van der Waals surface area contributed by atoms with E-state index >= 15 is 0 Å². The van der Waals surface area contributed by atoms with Crippen LogP contribution in [0, 0.1) is 0 Å². The molecule has 6 nitrogen and oxygen atoms in total. The van der Waals surface area contributed by atoms with Gasteiger partial charge in [0.05, 0.1) is 0 Å². The van der Waals surface area contributed by atoms with Crippen molar-refractivity contribution in [3.05, 3.63) is 28.6 Å². The van der Waals surface area contributed by atoms with E-state index in [2.05, 4.69) is 10.2 Å². The van der Waals surface area contributed by atoms with Gasteiger partial charge in [0.2, 0.25) is 5.65 Å². The molecule has 0 aliphatic heterocycles. The van der Waals surface area contributed by atoms with Crippen molar-refractivity contribution < 1.29 is 0 Å². The van der Waals surface area contributed by atoms with Gasteiger partial charge in [-0.2, -0.15) is 0 Å².